The van der Waals surface area contributed by atoms with Crippen molar-refractivity contribution in [3.63, 3.8) is 0 Å². The fourth-order valence-corrected chi connectivity index (χ4v) is 6.10. The second-order valence-corrected chi connectivity index (χ2v) is 8.72. The second kappa shape index (κ2) is 6.17. The van der Waals surface area contributed by atoms with E-state index in [0.29, 0.717) is 5.54 Å². The molecule has 0 aromatic heterocycles. The quantitative estimate of drug-likeness (QED) is 0.760. The number of anilines is 1. The molecule has 25 heavy (non-hydrogen) atoms. The molecule has 4 aliphatic carbocycles. The van der Waals surface area contributed by atoms with Crippen LogP contribution in [0.25, 0.3) is 0 Å². The van der Waals surface area contributed by atoms with E-state index in [1.807, 2.05) is 0 Å². The summed E-state index contributed by atoms with van der Waals surface area (Å²) in [4.78, 5) is 0. The molecule has 1 N–H and O–H groups in total. The van der Waals surface area contributed by atoms with Crippen molar-refractivity contribution < 1.29 is 0 Å². The molecule has 0 unspecified atom stereocenters. The average molecular weight is 332 g/mol. The van der Waals surface area contributed by atoms with Gasteiger partial charge in [0.2, 0.25) is 0 Å². The van der Waals surface area contributed by atoms with Crippen LogP contribution in [0.2, 0.25) is 0 Å². The Kier molecular flexibility index (Phi) is 3.82. The van der Waals surface area contributed by atoms with Crippen molar-refractivity contribution in [2.24, 2.45) is 17.8 Å². The van der Waals surface area contributed by atoms with Gasteiger partial charge in [-0.3, -0.25) is 0 Å². The first-order valence-corrected chi connectivity index (χ1v) is 9.92. The minimum atomic E-state index is 0.333. The monoisotopic (exact) mass is 332 g/mol. The van der Waals surface area contributed by atoms with E-state index in [1.165, 1.54) is 49.8 Å². The molecule has 4 fully saturated rings. The first-order chi connectivity index (χ1) is 12.3. The molecule has 130 valence electrons. The SMILES string of the molecule is c1ccc(CN(NC23CC4CC(CC(C4)C2)C3)c2ccccc2)cc1. The summed E-state index contributed by atoms with van der Waals surface area (Å²) in [6.07, 6.45) is 8.59. The second-order valence-electron chi connectivity index (χ2n) is 8.72. The summed E-state index contributed by atoms with van der Waals surface area (Å²) >= 11 is 0. The van der Waals surface area contributed by atoms with Crippen molar-refractivity contribution in [3.05, 3.63) is 66.2 Å². The fourth-order valence-electron chi connectivity index (χ4n) is 6.10. The number of hydrogen-bond donors (Lipinski definition) is 1. The molecule has 0 heterocycles. The molecule has 2 aromatic rings. The maximum Gasteiger partial charge on any atom is 0.0595 e. The van der Waals surface area contributed by atoms with E-state index in [9.17, 15) is 0 Å². The number of para-hydroxylation sites is 1. The Morgan fingerprint density at radius 3 is 1.84 bits per heavy atom. The van der Waals surface area contributed by atoms with Crippen LogP contribution in [0.1, 0.15) is 44.1 Å². The third-order valence-electron chi connectivity index (χ3n) is 6.66. The minimum Gasteiger partial charge on any atom is -0.304 e. The summed E-state index contributed by atoms with van der Waals surface area (Å²) < 4.78 is 0. The van der Waals surface area contributed by atoms with Gasteiger partial charge in [0.05, 0.1) is 12.2 Å². The van der Waals surface area contributed by atoms with E-state index in [2.05, 4.69) is 71.1 Å². The summed E-state index contributed by atoms with van der Waals surface area (Å²) in [6, 6.07) is 21.7. The molecule has 0 amide bonds. The lowest BCUT2D eigenvalue weighted by atomic mass is 9.53. The largest absolute Gasteiger partial charge is 0.304 e. The average Bonchev–Trinajstić information content (AvgIpc) is 2.61. The van der Waals surface area contributed by atoms with Gasteiger partial charge in [0, 0.05) is 5.54 Å². The minimum absolute atomic E-state index is 0.333. The van der Waals surface area contributed by atoms with Gasteiger partial charge in [-0.05, 0) is 74.0 Å². The normalized spacial score (nSPS) is 32.7. The zero-order valence-corrected chi connectivity index (χ0v) is 14.9. The molecule has 0 atom stereocenters. The topological polar surface area (TPSA) is 15.3 Å². The van der Waals surface area contributed by atoms with Crippen molar-refractivity contribution >= 4 is 5.69 Å². The van der Waals surface area contributed by atoms with Crippen LogP contribution in [0.5, 0.6) is 0 Å². The number of hydrogen-bond acceptors (Lipinski definition) is 2. The van der Waals surface area contributed by atoms with Gasteiger partial charge >= 0.3 is 0 Å². The molecule has 4 saturated carbocycles. The number of nitrogens with zero attached hydrogens (tertiary/aromatic N) is 1. The molecular formula is C23H28N2. The third kappa shape index (κ3) is 3.08. The van der Waals surface area contributed by atoms with Crippen molar-refractivity contribution in [1.29, 1.82) is 0 Å². The van der Waals surface area contributed by atoms with Crippen LogP contribution in [0, 0.1) is 17.8 Å². The van der Waals surface area contributed by atoms with Crippen LogP contribution in [0.15, 0.2) is 60.7 Å². The Morgan fingerprint density at radius 2 is 1.28 bits per heavy atom. The van der Waals surface area contributed by atoms with Gasteiger partial charge in [-0.15, -0.1) is 0 Å². The molecule has 2 nitrogen and oxygen atoms in total. The van der Waals surface area contributed by atoms with Gasteiger partial charge in [0.15, 0.2) is 0 Å². The van der Waals surface area contributed by atoms with Crippen molar-refractivity contribution in [3.8, 4) is 0 Å². The van der Waals surface area contributed by atoms with E-state index in [0.717, 1.165) is 24.3 Å². The lowest BCUT2D eigenvalue weighted by Crippen LogP contribution is -2.62. The summed E-state index contributed by atoms with van der Waals surface area (Å²) in [5, 5.41) is 2.42. The van der Waals surface area contributed by atoms with Crippen LogP contribution < -0.4 is 10.4 Å². The van der Waals surface area contributed by atoms with E-state index in [1.54, 1.807) is 0 Å². The van der Waals surface area contributed by atoms with Crippen molar-refractivity contribution in [2.75, 3.05) is 5.01 Å². The summed E-state index contributed by atoms with van der Waals surface area (Å²) in [7, 11) is 0. The zero-order chi connectivity index (χ0) is 16.7. The summed E-state index contributed by atoms with van der Waals surface area (Å²) in [6.45, 7) is 0.923. The predicted molar refractivity (Wildman–Crippen MR) is 103 cm³/mol. The highest BCUT2D eigenvalue weighted by molar-refractivity contribution is 5.46. The van der Waals surface area contributed by atoms with Crippen molar-refractivity contribution in [1.82, 2.24) is 5.43 Å². The maximum atomic E-state index is 4.06. The van der Waals surface area contributed by atoms with Gasteiger partial charge in [-0.25, -0.2) is 5.43 Å². The number of nitrogens with one attached hydrogen (secondary N) is 1. The smallest absolute Gasteiger partial charge is 0.0595 e. The van der Waals surface area contributed by atoms with Gasteiger partial charge < -0.3 is 5.01 Å². The lowest BCUT2D eigenvalue weighted by Gasteiger charge is -2.58. The fraction of sp³-hybridized carbons (Fsp3) is 0.478. The van der Waals surface area contributed by atoms with Crippen LogP contribution in [0.3, 0.4) is 0 Å². The lowest BCUT2D eigenvalue weighted by molar-refractivity contribution is -0.0214. The van der Waals surface area contributed by atoms with Gasteiger partial charge in [-0.2, -0.15) is 0 Å². The Labute approximate surface area is 151 Å². The molecular weight excluding hydrogens is 304 g/mol. The molecule has 0 radical (unpaired) electrons. The standard InChI is InChI=1S/C23H28N2/c1-3-7-18(8-4-1)17-25(22-9-5-2-6-10-22)24-23-14-19-11-20(15-23)13-21(12-19)16-23/h1-10,19-21,24H,11-17H2. The number of benzene rings is 2. The Balaban J connectivity index is 1.42. The van der Waals surface area contributed by atoms with Crippen molar-refractivity contribution in [2.45, 2.75) is 50.6 Å². The molecule has 6 rings (SSSR count). The Hall–Kier alpha value is -1.80. The molecule has 4 aliphatic rings. The highest BCUT2D eigenvalue weighted by atomic mass is 15.5. The van der Waals surface area contributed by atoms with E-state index < -0.39 is 0 Å². The molecule has 4 bridgehead atoms. The van der Waals surface area contributed by atoms with Gasteiger partial charge in [0.1, 0.15) is 0 Å². The van der Waals surface area contributed by atoms with Crippen LogP contribution in [-0.2, 0) is 6.54 Å². The number of hydrazine groups is 1. The van der Waals surface area contributed by atoms with E-state index >= 15 is 0 Å². The highest BCUT2D eigenvalue weighted by Gasteiger charge is 2.51. The Morgan fingerprint density at radius 1 is 0.760 bits per heavy atom. The zero-order valence-electron chi connectivity index (χ0n) is 14.9. The molecule has 0 saturated heterocycles. The maximum absolute atomic E-state index is 4.06. The molecule has 0 aliphatic heterocycles. The molecule has 2 aromatic carbocycles. The van der Waals surface area contributed by atoms with E-state index in [4.69, 9.17) is 0 Å². The molecule has 0 spiro atoms. The number of rotatable bonds is 5. The van der Waals surface area contributed by atoms with Gasteiger partial charge in [0.25, 0.3) is 0 Å². The Bertz CT molecular complexity index is 674. The highest BCUT2D eigenvalue weighted by Crippen LogP contribution is 2.55. The first kappa shape index (κ1) is 15.5. The third-order valence-corrected chi connectivity index (χ3v) is 6.66. The van der Waals surface area contributed by atoms with Crippen LogP contribution in [0.4, 0.5) is 5.69 Å². The van der Waals surface area contributed by atoms with E-state index in [-0.39, 0.29) is 0 Å². The first-order valence-electron chi connectivity index (χ1n) is 9.92. The van der Waals surface area contributed by atoms with Gasteiger partial charge in [-0.1, -0.05) is 48.5 Å². The molecule has 2 heteroatoms. The summed E-state index contributed by atoms with van der Waals surface area (Å²) in [5.74, 6) is 2.90. The van der Waals surface area contributed by atoms with Crippen LogP contribution in [-0.4, -0.2) is 5.54 Å². The predicted octanol–water partition coefficient (Wildman–Crippen LogP) is 5.17. The van der Waals surface area contributed by atoms with Crippen LogP contribution >= 0.6 is 0 Å². The summed E-state index contributed by atoms with van der Waals surface area (Å²) in [5.41, 5.74) is 7.04.